The largest absolute Gasteiger partial charge is 0.496 e. The molecule has 0 N–H and O–H groups in total. The van der Waals surface area contributed by atoms with Gasteiger partial charge in [-0.25, -0.2) is 0 Å². The third-order valence-electron chi connectivity index (χ3n) is 4.73. The molecular formula is C19H19BrN4O2. The van der Waals surface area contributed by atoms with Gasteiger partial charge in [-0.1, -0.05) is 17.3 Å². The molecule has 0 unspecified atom stereocenters. The molecule has 7 heteroatoms. The topological polar surface area (TPSA) is 64.3 Å². The minimum absolute atomic E-state index is 0.305. The van der Waals surface area contributed by atoms with Crippen LogP contribution in [0, 0.1) is 0 Å². The number of anilines is 1. The molecule has 0 bridgehead atoms. The molecule has 1 fully saturated rings. The zero-order valence-corrected chi connectivity index (χ0v) is 16.0. The van der Waals surface area contributed by atoms with E-state index in [4.69, 9.17) is 9.26 Å². The van der Waals surface area contributed by atoms with Crippen LogP contribution in [0.15, 0.2) is 51.7 Å². The van der Waals surface area contributed by atoms with E-state index in [1.54, 1.807) is 7.11 Å². The first-order valence-electron chi connectivity index (χ1n) is 8.57. The third kappa shape index (κ3) is 3.31. The quantitative estimate of drug-likeness (QED) is 0.634. The van der Waals surface area contributed by atoms with Crippen molar-refractivity contribution >= 4 is 21.6 Å². The first-order chi connectivity index (χ1) is 12.8. The molecular weight excluding hydrogens is 396 g/mol. The maximum atomic E-state index is 5.51. The van der Waals surface area contributed by atoms with Crippen molar-refractivity contribution in [3.05, 3.63) is 53.0 Å². The molecule has 26 heavy (non-hydrogen) atoms. The normalized spacial score (nSPS) is 15.2. The maximum absolute atomic E-state index is 5.51. The molecule has 1 aliphatic heterocycles. The minimum atomic E-state index is 0.305. The van der Waals surface area contributed by atoms with E-state index in [9.17, 15) is 0 Å². The van der Waals surface area contributed by atoms with Gasteiger partial charge in [0.05, 0.1) is 22.8 Å². The molecule has 3 aromatic rings. The summed E-state index contributed by atoms with van der Waals surface area (Å²) in [5.74, 6) is 2.33. The number of nitrogens with zero attached hydrogens (tertiary/aromatic N) is 4. The van der Waals surface area contributed by atoms with Crippen molar-refractivity contribution in [2.45, 2.75) is 18.8 Å². The number of halogens is 1. The Kier molecular flexibility index (Phi) is 4.88. The molecule has 2 aromatic heterocycles. The molecule has 1 aromatic carbocycles. The van der Waals surface area contributed by atoms with Crippen molar-refractivity contribution in [3.8, 4) is 17.2 Å². The van der Waals surface area contributed by atoms with Crippen LogP contribution >= 0.6 is 15.9 Å². The number of methoxy groups -OCH3 is 1. The number of para-hydroxylation sites is 1. The number of hydrogen-bond donors (Lipinski definition) is 0. The van der Waals surface area contributed by atoms with Crippen molar-refractivity contribution in [1.82, 2.24) is 15.1 Å². The number of ether oxygens (including phenoxy) is 1. The first-order valence-corrected chi connectivity index (χ1v) is 9.37. The number of benzene rings is 1. The molecule has 0 atom stereocenters. The second-order valence-corrected chi connectivity index (χ2v) is 7.10. The molecule has 6 nitrogen and oxygen atoms in total. The molecule has 4 rings (SSSR count). The first kappa shape index (κ1) is 17.0. The van der Waals surface area contributed by atoms with Crippen LogP contribution in [-0.2, 0) is 0 Å². The summed E-state index contributed by atoms with van der Waals surface area (Å²) in [6.45, 7) is 1.90. The molecule has 0 saturated carbocycles. The highest BCUT2D eigenvalue weighted by Crippen LogP contribution is 2.34. The van der Waals surface area contributed by atoms with Gasteiger partial charge in [-0.05, 0) is 47.0 Å². The Hall–Kier alpha value is -2.41. The fourth-order valence-electron chi connectivity index (χ4n) is 3.33. The Balaban J connectivity index is 1.47. The van der Waals surface area contributed by atoms with Gasteiger partial charge in [0.2, 0.25) is 0 Å². The lowest BCUT2D eigenvalue weighted by Gasteiger charge is -2.32. The van der Waals surface area contributed by atoms with Crippen molar-refractivity contribution in [3.63, 3.8) is 0 Å². The van der Waals surface area contributed by atoms with Crippen LogP contribution in [0.4, 0.5) is 5.69 Å². The zero-order valence-electron chi connectivity index (χ0n) is 14.4. The number of aromatic nitrogens is 3. The summed E-state index contributed by atoms with van der Waals surface area (Å²) >= 11 is 3.58. The Morgan fingerprint density at radius 2 is 2.00 bits per heavy atom. The molecule has 134 valence electrons. The number of piperidine rings is 1. The Labute approximate surface area is 160 Å². The molecule has 0 radical (unpaired) electrons. The smallest absolute Gasteiger partial charge is 0.261 e. The van der Waals surface area contributed by atoms with Crippen LogP contribution in [0.3, 0.4) is 0 Å². The van der Waals surface area contributed by atoms with Gasteiger partial charge in [0.1, 0.15) is 5.75 Å². The number of rotatable bonds is 4. The van der Waals surface area contributed by atoms with Gasteiger partial charge in [0, 0.05) is 31.4 Å². The van der Waals surface area contributed by atoms with Crippen LogP contribution < -0.4 is 9.64 Å². The van der Waals surface area contributed by atoms with Gasteiger partial charge >= 0.3 is 0 Å². The monoisotopic (exact) mass is 414 g/mol. The standard InChI is InChI=1S/C19H19BrN4O2/c1-25-17-5-3-2-4-14(17)19-22-18(23-26-19)13-7-10-24(11-8-13)16-6-9-21-12-15(16)20/h2-6,9,12-13H,7-8,10-11H2,1H3. The number of pyridine rings is 1. The Bertz CT molecular complexity index is 891. The van der Waals surface area contributed by atoms with E-state index in [0.29, 0.717) is 11.8 Å². The van der Waals surface area contributed by atoms with E-state index in [-0.39, 0.29) is 0 Å². The summed E-state index contributed by atoms with van der Waals surface area (Å²) in [6.07, 6.45) is 5.63. The Morgan fingerprint density at radius 3 is 2.77 bits per heavy atom. The molecule has 3 heterocycles. The molecule has 0 spiro atoms. The van der Waals surface area contributed by atoms with E-state index in [0.717, 1.165) is 47.5 Å². The van der Waals surface area contributed by atoms with Crippen molar-refractivity contribution in [1.29, 1.82) is 0 Å². The van der Waals surface area contributed by atoms with E-state index in [1.807, 2.05) is 42.7 Å². The minimum Gasteiger partial charge on any atom is -0.496 e. The highest BCUT2D eigenvalue weighted by atomic mass is 79.9. The van der Waals surface area contributed by atoms with Gasteiger partial charge in [0.15, 0.2) is 5.82 Å². The van der Waals surface area contributed by atoms with Crippen molar-refractivity contribution in [2.75, 3.05) is 25.1 Å². The van der Waals surface area contributed by atoms with E-state index < -0.39 is 0 Å². The van der Waals surface area contributed by atoms with Gasteiger partial charge < -0.3 is 14.2 Å². The fourth-order valence-corrected chi connectivity index (χ4v) is 3.84. The highest BCUT2D eigenvalue weighted by Gasteiger charge is 2.26. The maximum Gasteiger partial charge on any atom is 0.261 e. The predicted molar refractivity (Wildman–Crippen MR) is 102 cm³/mol. The van der Waals surface area contributed by atoms with Crippen LogP contribution in [0.5, 0.6) is 5.75 Å². The molecule has 0 amide bonds. The molecule has 1 aliphatic rings. The van der Waals surface area contributed by atoms with Gasteiger partial charge in [-0.2, -0.15) is 4.98 Å². The van der Waals surface area contributed by atoms with Crippen molar-refractivity contribution in [2.24, 2.45) is 0 Å². The lowest BCUT2D eigenvalue weighted by molar-refractivity contribution is 0.393. The van der Waals surface area contributed by atoms with Gasteiger partial charge in [0.25, 0.3) is 5.89 Å². The average molecular weight is 415 g/mol. The summed E-state index contributed by atoms with van der Waals surface area (Å²) in [6, 6.07) is 9.72. The molecule has 1 saturated heterocycles. The highest BCUT2D eigenvalue weighted by molar-refractivity contribution is 9.10. The molecule has 0 aliphatic carbocycles. The van der Waals surface area contributed by atoms with Crippen LogP contribution in [-0.4, -0.2) is 35.3 Å². The van der Waals surface area contributed by atoms with Crippen LogP contribution in [0.2, 0.25) is 0 Å². The van der Waals surface area contributed by atoms with E-state index in [2.05, 4.69) is 36.0 Å². The lowest BCUT2D eigenvalue weighted by Crippen LogP contribution is -2.33. The second-order valence-electron chi connectivity index (χ2n) is 6.25. The van der Waals surface area contributed by atoms with E-state index in [1.165, 1.54) is 5.69 Å². The van der Waals surface area contributed by atoms with Gasteiger partial charge in [-0.15, -0.1) is 0 Å². The van der Waals surface area contributed by atoms with Crippen molar-refractivity contribution < 1.29 is 9.26 Å². The third-order valence-corrected chi connectivity index (χ3v) is 5.34. The van der Waals surface area contributed by atoms with E-state index >= 15 is 0 Å². The second kappa shape index (κ2) is 7.45. The summed E-state index contributed by atoms with van der Waals surface area (Å²) in [5.41, 5.74) is 2.01. The summed E-state index contributed by atoms with van der Waals surface area (Å²) in [7, 11) is 1.64. The lowest BCUT2D eigenvalue weighted by atomic mass is 9.96. The van der Waals surface area contributed by atoms with Gasteiger partial charge in [-0.3, -0.25) is 4.98 Å². The van der Waals surface area contributed by atoms with Crippen LogP contribution in [0.25, 0.3) is 11.5 Å². The fraction of sp³-hybridized carbons (Fsp3) is 0.316. The SMILES string of the molecule is COc1ccccc1-c1nc(C2CCN(c3ccncc3Br)CC2)no1. The average Bonchev–Trinajstić information content (AvgIpc) is 3.18. The summed E-state index contributed by atoms with van der Waals surface area (Å²) in [4.78, 5) is 11.1. The Morgan fingerprint density at radius 1 is 1.19 bits per heavy atom. The van der Waals surface area contributed by atoms with Crippen LogP contribution in [0.1, 0.15) is 24.6 Å². The summed E-state index contributed by atoms with van der Waals surface area (Å²) < 4.78 is 11.9. The number of hydrogen-bond acceptors (Lipinski definition) is 6. The predicted octanol–water partition coefficient (Wildman–Crippen LogP) is 4.29. The zero-order chi connectivity index (χ0) is 17.9. The summed E-state index contributed by atoms with van der Waals surface area (Å²) in [5, 5.41) is 4.23.